The van der Waals surface area contributed by atoms with Crippen LogP contribution in [0, 0.1) is 0 Å². The summed E-state index contributed by atoms with van der Waals surface area (Å²) >= 11 is 0. The Morgan fingerprint density at radius 3 is 2.24 bits per heavy atom. The van der Waals surface area contributed by atoms with Gasteiger partial charge in [0, 0.05) is 29.6 Å². The molecule has 38 heavy (non-hydrogen) atoms. The zero-order valence-electron chi connectivity index (χ0n) is 21.9. The number of amides is 1. The van der Waals surface area contributed by atoms with Crippen LogP contribution in [0.5, 0.6) is 0 Å². The molecule has 194 valence electrons. The Kier molecular flexibility index (Phi) is 7.05. The zero-order chi connectivity index (χ0) is 26.7. The lowest BCUT2D eigenvalue weighted by Gasteiger charge is -2.19. The number of rotatable bonds is 7. The molecule has 1 heterocycles. The van der Waals surface area contributed by atoms with Gasteiger partial charge in [0.1, 0.15) is 18.8 Å². The highest BCUT2D eigenvalue weighted by molar-refractivity contribution is 5.90. The van der Waals surface area contributed by atoms with Gasteiger partial charge in [-0.05, 0) is 54.7 Å². The first-order valence-electron chi connectivity index (χ1n) is 12.9. The van der Waals surface area contributed by atoms with Crippen LogP contribution < -0.4 is 5.32 Å². The second-order valence-electron chi connectivity index (χ2n) is 10.4. The third-order valence-corrected chi connectivity index (χ3v) is 6.54. The minimum atomic E-state index is -0.534. The molecule has 3 aromatic carbocycles. The minimum absolute atomic E-state index is 0.0276. The molecular formula is C32H32N2O4. The lowest BCUT2D eigenvalue weighted by atomic mass is 9.98. The van der Waals surface area contributed by atoms with E-state index in [4.69, 9.17) is 9.47 Å². The monoisotopic (exact) mass is 508 g/mol. The van der Waals surface area contributed by atoms with Gasteiger partial charge in [-0.1, -0.05) is 78.9 Å². The average Bonchev–Trinajstić information content (AvgIpc) is 3.40. The predicted octanol–water partition coefficient (Wildman–Crippen LogP) is 6.53. The molecule has 0 spiro atoms. The van der Waals surface area contributed by atoms with Gasteiger partial charge in [0.25, 0.3) is 0 Å². The standard InChI is InChI=1S/C32H32N2O4/c1-32(2,3)38-30(35)20-34-19-22(23-12-8-9-17-29(23)34)11-10-18-33-31(36)37-21-28-26-15-6-4-13-24(26)25-14-5-7-16-27(25)28/h4-17,19,28H,18,20-21H2,1-3H3,(H,33,36). The number of carbonyl (C=O) groups is 2. The molecule has 0 radical (unpaired) electrons. The van der Waals surface area contributed by atoms with Gasteiger partial charge < -0.3 is 19.4 Å². The van der Waals surface area contributed by atoms with Gasteiger partial charge in [-0.25, -0.2) is 4.79 Å². The van der Waals surface area contributed by atoms with Gasteiger partial charge in [-0.2, -0.15) is 0 Å². The number of aromatic nitrogens is 1. The molecule has 0 bridgehead atoms. The maximum atomic E-state index is 12.5. The topological polar surface area (TPSA) is 69.6 Å². The Morgan fingerprint density at radius 2 is 1.55 bits per heavy atom. The fourth-order valence-corrected chi connectivity index (χ4v) is 5.03. The number of alkyl carbamates (subject to hydrolysis) is 1. The first kappa shape index (κ1) is 25.3. The van der Waals surface area contributed by atoms with Crippen molar-refractivity contribution in [2.24, 2.45) is 0 Å². The number of para-hydroxylation sites is 1. The van der Waals surface area contributed by atoms with E-state index in [1.807, 2.05) is 92.2 Å². The molecule has 6 nitrogen and oxygen atoms in total. The Labute approximate surface area is 222 Å². The molecule has 1 amide bonds. The summed E-state index contributed by atoms with van der Waals surface area (Å²) in [7, 11) is 0. The zero-order valence-corrected chi connectivity index (χ0v) is 21.9. The molecular weight excluding hydrogens is 476 g/mol. The molecule has 0 saturated heterocycles. The molecule has 6 heteroatoms. The van der Waals surface area contributed by atoms with Crippen molar-refractivity contribution < 1.29 is 19.1 Å². The molecule has 0 aliphatic heterocycles. The number of hydrogen-bond acceptors (Lipinski definition) is 4. The number of nitrogens with zero attached hydrogens (tertiary/aromatic N) is 1. The number of hydrogen-bond donors (Lipinski definition) is 1. The summed E-state index contributed by atoms with van der Waals surface area (Å²) in [4.78, 5) is 24.9. The van der Waals surface area contributed by atoms with E-state index in [0.29, 0.717) is 6.54 Å². The Balaban J connectivity index is 1.19. The quantitative estimate of drug-likeness (QED) is 0.288. The maximum absolute atomic E-state index is 12.5. The van der Waals surface area contributed by atoms with E-state index in [1.54, 1.807) is 0 Å². The molecule has 0 unspecified atom stereocenters. The molecule has 1 aliphatic rings. The lowest BCUT2D eigenvalue weighted by molar-refractivity contribution is -0.155. The van der Waals surface area contributed by atoms with Crippen LogP contribution in [-0.4, -0.2) is 35.4 Å². The second kappa shape index (κ2) is 10.6. The first-order valence-corrected chi connectivity index (χ1v) is 12.9. The van der Waals surface area contributed by atoms with E-state index < -0.39 is 11.7 Å². The summed E-state index contributed by atoms with van der Waals surface area (Å²) in [6.07, 6.45) is 5.29. The number of esters is 1. The van der Waals surface area contributed by atoms with Gasteiger partial charge in [0.05, 0.1) is 0 Å². The first-order chi connectivity index (χ1) is 18.3. The SMILES string of the molecule is CC(C)(C)OC(=O)Cn1cc(C=CCNC(=O)OCC2c3ccccc3-c3ccccc32)c2ccccc21. The van der Waals surface area contributed by atoms with Crippen LogP contribution in [0.4, 0.5) is 4.79 Å². The molecule has 0 saturated carbocycles. The summed E-state index contributed by atoms with van der Waals surface area (Å²) in [5.74, 6) is -0.259. The number of nitrogens with one attached hydrogen (secondary N) is 1. The summed E-state index contributed by atoms with van der Waals surface area (Å²) < 4.78 is 13.0. The molecule has 1 N–H and O–H groups in total. The Hall–Kier alpha value is -4.32. The minimum Gasteiger partial charge on any atom is -0.459 e. The summed E-state index contributed by atoms with van der Waals surface area (Å²) in [6, 6.07) is 24.4. The highest BCUT2D eigenvalue weighted by Crippen LogP contribution is 2.44. The Bertz CT molecular complexity index is 1460. The van der Waals surface area contributed by atoms with Crippen molar-refractivity contribution in [2.45, 2.75) is 38.8 Å². The van der Waals surface area contributed by atoms with Gasteiger partial charge in [0.15, 0.2) is 0 Å². The third-order valence-electron chi connectivity index (χ3n) is 6.54. The van der Waals surface area contributed by atoms with Crippen molar-refractivity contribution in [1.29, 1.82) is 0 Å². The van der Waals surface area contributed by atoms with Gasteiger partial charge in [-0.3, -0.25) is 4.79 Å². The van der Waals surface area contributed by atoms with E-state index in [9.17, 15) is 9.59 Å². The average molecular weight is 509 g/mol. The molecule has 1 aromatic heterocycles. The van der Waals surface area contributed by atoms with Crippen LogP contribution >= 0.6 is 0 Å². The van der Waals surface area contributed by atoms with Crippen LogP contribution in [0.15, 0.2) is 85.1 Å². The van der Waals surface area contributed by atoms with E-state index in [-0.39, 0.29) is 25.0 Å². The van der Waals surface area contributed by atoms with Crippen molar-refractivity contribution in [3.8, 4) is 11.1 Å². The van der Waals surface area contributed by atoms with Crippen LogP contribution in [-0.2, 0) is 20.8 Å². The molecule has 4 aromatic rings. The fourth-order valence-electron chi connectivity index (χ4n) is 5.03. The van der Waals surface area contributed by atoms with Crippen molar-refractivity contribution in [1.82, 2.24) is 9.88 Å². The lowest BCUT2D eigenvalue weighted by Crippen LogP contribution is -2.26. The third kappa shape index (κ3) is 5.49. The maximum Gasteiger partial charge on any atom is 0.407 e. The number of benzene rings is 3. The van der Waals surface area contributed by atoms with Gasteiger partial charge in [-0.15, -0.1) is 0 Å². The summed E-state index contributed by atoms with van der Waals surface area (Å²) in [6.45, 7) is 6.30. The summed E-state index contributed by atoms with van der Waals surface area (Å²) in [5.41, 5.74) is 6.14. The van der Waals surface area contributed by atoms with E-state index in [1.165, 1.54) is 22.3 Å². The molecule has 5 rings (SSSR count). The molecule has 0 atom stereocenters. The van der Waals surface area contributed by atoms with E-state index >= 15 is 0 Å². The normalized spacial score (nSPS) is 12.9. The van der Waals surface area contributed by atoms with Gasteiger partial charge in [0.2, 0.25) is 0 Å². The molecule has 1 aliphatic carbocycles. The van der Waals surface area contributed by atoms with E-state index in [0.717, 1.165) is 16.5 Å². The fraction of sp³-hybridized carbons (Fsp3) is 0.250. The van der Waals surface area contributed by atoms with Crippen LogP contribution in [0.1, 0.15) is 43.4 Å². The van der Waals surface area contributed by atoms with Crippen LogP contribution in [0.25, 0.3) is 28.1 Å². The second-order valence-corrected chi connectivity index (χ2v) is 10.4. The predicted molar refractivity (Wildman–Crippen MR) is 150 cm³/mol. The number of fused-ring (bicyclic) bond motifs is 4. The van der Waals surface area contributed by atoms with Crippen molar-refractivity contribution in [3.05, 3.63) is 102 Å². The highest BCUT2D eigenvalue weighted by atomic mass is 16.6. The molecule has 0 fully saturated rings. The summed E-state index contributed by atoms with van der Waals surface area (Å²) in [5, 5.41) is 3.83. The van der Waals surface area contributed by atoms with Crippen LogP contribution in [0.3, 0.4) is 0 Å². The highest BCUT2D eigenvalue weighted by Gasteiger charge is 2.29. The number of ether oxygens (including phenoxy) is 2. The van der Waals surface area contributed by atoms with Crippen molar-refractivity contribution in [3.63, 3.8) is 0 Å². The van der Waals surface area contributed by atoms with E-state index in [2.05, 4.69) is 29.6 Å². The Morgan fingerprint density at radius 1 is 0.921 bits per heavy atom. The van der Waals surface area contributed by atoms with Crippen LogP contribution in [0.2, 0.25) is 0 Å². The smallest absolute Gasteiger partial charge is 0.407 e. The van der Waals surface area contributed by atoms with Crippen molar-refractivity contribution >= 4 is 29.0 Å². The number of carbonyl (C=O) groups excluding carboxylic acids is 2. The largest absolute Gasteiger partial charge is 0.459 e. The van der Waals surface area contributed by atoms with Gasteiger partial charge >= 0.3 is 12.1 Å². The van der Waals surface area contributed by atoms with Crippen molar-refractivity contribution in [2.75, 3.05) is 13.2 Å².